The fraction of sp³-hybridized carbons (Fsp3) is 0.467. The van der Waals surface area contributed by atoms with Crippen LogP contribution in [0, 0.1) is 6.92 Å². The summed E-state index contributed by atoms with van der Waals surface area (Å²) in [6.07, 6.45) is 0. The largest absolute Gasteiger partial charge is 0.368 e. The molecule has 0 aliphatic carbocycles. The van der Waals surface area contributed by atoms with E-state index in [0.717, 1.165) is 18.0 Å². The van der Waals surface area contributed by atoms with Crippen molar-refractivity contribution >= 4 is 17.7 Å². The van der Waals surface area contributed by atoms with Gasteiger partial charge < -0.3 is 15.1 Å². The Kier molecular flexibility index (Phi) is 4.67. The highest BCUT2D eigenvalue weighted by atomic mass is 16.2. The number of imide groups is 1. The lowest BCUT2D eigenvalue weighted by atomic mass is 10.2. The maximum absolute atomic E-state index is 12.2. The number of piperazine rings is 1. The van der Waals surface area contributed by atoms with Crippen LogP contribution in [0.15, 0.2) is 24.3 Å². The lowest BCUT2D eigenvalue weighted by molar-refractivity contribution is 0.160. The molecule has 4 amide bonds. The Morgan fingerprint density at radius 2 is 1.67 bits per heavy atom. The third kappa shape index (κ3) is 3.45. The number of benzene rings is 1. The lowest BCUT2D eigenvalue weighted by Crippen LogP contribution is -2.54. The minimum absolute atomic E-state index is 0.252. The van der Waals surface area contributed by atoms with Crippen LogP contribution >= 0.6 is 0 Å². The normalized spacial score (nSPS) is 14.8. The molecule has 6 heteroatoms. The van der Waals surface area contributed by atoms with E-state index in [1.807, 2.05) is 0 Å². The van der Waals surface area contributed by atoms with Crippen molar-refractivity contribution < 1.29 is 9.59 Å². The molecule has 0 atom stereocenters. The van der Waals surface area contributed by atoms with Crippen LogP contribution < -0.4 is 10.2 Å². The van der Waals surface area contributed by atoms with E-state index in [1.165, 1.54) is 25.3 Å². The van der Waals surface area contributed by atoms with Gasteiger partial charge in [0.05, 0.1) is 0 Å². The highest BCUT2D eigenvalue weighted by Gasteiger charge is 2.26. The summed E-state index contributed by atoms with van der Waals surface area (Å²) in [4.78, 5) is 28.7. The Balaban J connectivity index is 1.92. The highest BCUT2D eigenvalue weighted by molar-refractivity contribution is 5.93. The van der Waals surface area contributed by atoms with Crippen LogP contribution in [-0.4, -0.2) is 62.1 Å². The highest BCUT2D eigenvalue weighted by Crippen LogP contribution is 2.17. The molecule has 1 aromatic carbocycles. The quantitative estimate of drug-likeness (QED) is 0.853. The van der Waals surface area contributed by atoms with E-state index < -0.39 is 0 Å². The smallest absolute Gasteiger partial charge is 0.327 e. The van der Waals surface area contributed by atoms with E-state index in [1.54, 1.807) is 4.90 Å². The molecular weight excluding hydrogens is 268 g/mol. The standard InChI is InChI=1S/C15H22N4O2/c1-12-4-6-13(7-5-12)18-8-10-19(11-9-18)15(21)17(3)14(20)16-2/h4-7H,8-11H2,1-3H3,(H,16,20). The number of anilines is 1. The number of carbonyl (C=O) groups excluding carboxylic acids is 2. The van der Waals surface area contributed by atoms with E-state index in [2.05, 4.69) is 41.4 Å². The minimum atomic E-state index is -0.388. The third-order valence-electron chi connectivity index (χ3n) is 3.75. The molecule has 1 heterocycles. The van der Waals surface area contributed by atoms with Crippen LogP contribution in [0.5, 0.6) is 0 Å². The first kappa shape index (κ1) is 15.2. The van der Waals surface area contributed by atoms with E-state index in [4.69, 9.17) is 0 Å². The van der Waals surface area contributed by atoms with Gasteiger partial charge in [-0.15, -0.1) is 0 Å². The molecule has 0 bridgehead atoms. The molecule has 0 aromatic heterocycles. The average Bonchev–Trinajstić information content (AvgIpc) is 2.53. The van der Waals surface area contributed by atoms with Crippen LogP contribution in [0.2, 0.25) is 0 Å². The van der Waals surface area contributed by atoms with Crippen molar-refractivity contribution in [1.29, 1.82) is 0 Å². The topological polar surface area (TPSA) is 55.9 Å². The van der Waals surface area contributed by atoms with Crippen LogP contribution in [0.3, 0.4) is 0 Å². The van der Waals surface area contributed by atoms with Crippen molar-refractivity contribution in [3.05, 3.63) is 29.8 Å². The lowest BCUT2D eigenvalue weighted by Gasteiger charge is -2.37. The maximum atomic E-state index is 12.2. The predicted molar refractivity (Wildman–Crippen MR) is 82.6 cm³/mol. The second-order valence-corrected chi connectivity index (χ2v) is 5.21. The van der Waals surface area contributed by atoms with Gasteiger partial charge in [0.1, 0.15) is 0 Å². The molecule has 6 nitrogen and oxygen atoms in total. The molecule has 114 valence electrons. The number of nitrogens with zero attached hydrogens (tertiary/aromatic N) is 3. The van der Waals surface area contributed by atoms with Gasteiger partial charge in [0.2, 0.25) is 0 Å². The van der Waals surface area contributed by atoms with Crippen molar-refractivity contribution in [3.63, 3.8) is 0 Å². The van der Waals surface area contributed by atoms with Gasteiger partial charge in [-0.2, -0.15) is 0 Å². The van der Waals surface area contributed by atoms with Crippen LogP contribution in [-0.2, 0) is 0 Å². The molecule has 0 unspecified atom stereocenters. The van der Waals surface area contributed by atoms with E-state index in [9.17, 15) is 9.59 Å². The van der Waals surface area contributed by atoms with Gasteiger partial charge in [0.15, 0.2) is 0 Å². The van der Waals surface area contributed by atoms with Crippen molar-refractivity contribution in [2.45, 2.75) is 6.92 Å². The summed E-state index contributed by atoms with van der Waals surface area (Å²) in [5.74, 6) is 0. The molecule has 1 aromatic rings. The average molecular weight is 290 g/mol. The van der Waals surface area contributed by atoms with Crippen molar-refractivity contribution in [1.82, 2.24) is 15.1 Å². The number of carbonyl (C=O) groups is 2. The SMILES string of the molecule is CNC(=O)N(C)C(=O)N1CCN(c2ccc(C)cc2)CC1. The molecular formula is C15H22N4O2. The van der Waals surface area contributed by atoms with Crippen molar-refractivity contribution in [2.24, 2.45) is 0 Å². The first-order valence-electron chi connectivity index (χ1n) is 7.09. The minimum Gasteiger partial charge on any atom is -0.368 e. The molecule has 1 saturated heterocycles. The molecule has 0 spiro atoms. The Morgan fingerprint density at radius 1 is 1.10 bits per heavy atom. The molecule has 1 N–H and O–H groups in total. The Morgan fingerprint density at radius 3 is 2.19 bits per heavy atom. The summed E-state index contributed by atoms with van der Waals surface area (Å²) in [6, 6.07) is 7.74. The van der Waals surface area contributed by atoms with Crippen molar-refractivity contribution in [3.8, 4) is 0 Å². The molecule has 21 heavy (non-hydrogen) atoms. The Labute approximate surface area is 125 Å². The van der Waals surface area contributed by atoms with Crippen LogP contribution in [0.4, 0.5) is 15.3 Å². The molecule has 1 aliphatic heterocycles. The summed E-state index contributed by atoms with van der Waals surface area (Å²) in [6.45, 7) is 4.85. The summed E-state index contributed by atoms with van der Waals surface area (Å²) >= 11 is 0. The number of hydrogen-bond acceptors (Lipinski definition) is 3. The van der Waals surface area contributed by atoms with Gasteiger partial charge in [-0.3, -0.25) is 0 Å². The monoisotopic (exact) mass is 290 g/mol. The first-order chi connectivity index (χ1) is 10.0. The van der Waals surface area contributed by atoms with E-state index in [0.29, 0.717) is 13.1 Å². The molecule has 0 saturated carbocycles. The number of nitrogens with one attached hydrogen (secondary N) is 1. The van der Waals surface area contributed by atoms with Crippen LogP contribution in [0.25, 0.3) is 0 Å². The molecule has 1 aliphatic rings. The number of amides is 4. The zero-order chi connectivity index (χ0) is 15.4. The second-order valence-electron chi connectivity index (χ2n) is 5.21. The summed E-state index contributed by atoms with van der Waals surface area (Å²) in [5.41, 5.74) is 2.41. The fourth-order valence-corrected chi connectivity index (χ4v) is 2.38. The number of rotatable bonds is 1. The zero-order valence-corrected chi connectivity index (χ0v) is 12.8. The van der Waals surface area contributed by atoms with Gasteiger partial charge in [-0.05, 0) is 19.1 Å². The number of urea groups is 2. The van der Waals surface area contributed by atoms with Gasteiger partial charge in [-0.1, -0.05) is 17.7 Å². The summed E-state index contributed by atoms with van der Waals surface area (Å²) in [7, 11) is 3.01. The summed E-state index contributed by atoms with van der Waals surface area (Å²) in [5, 5.41) is 2.45. The Bertz CT molecular complexity index is 507. The summed E-state index contributed by atoms with van der Waals surface area (Å²) < 4.78 is 0. The van der Waals surface area contributed by atoms with Gasteiger partial charge in [-0.25, -0.2) is 14.5 Å². The number of aryl methyl sites for hydroxylation is 1. The molecule has 1 fully saturated rings. The zero-order valence-electron chi connectivity index (χ0n) is 12.8. The van der Waals surface area contributed by atoms with Gasteiger partial charge >= 0.3 is 12.1 Å². The first-order valence-corrected chi connectivity index (χ1v) is 7.09. The third-order valence-corrected chi connectivity index (χ3v) is 3.75. The van der Waals surface area contributed by atoms with Gasteiger partial charge in [0, 0.05) is 46.0 Å². The Hall–Kier alpha value is -2.24. The fourth-order valence-electron chi connectivity index (χ4n) is 2.38. The predicted octanol–water partition coefficient (Wildman–Crippen LogP) is 1.51. The molecule has 2 rings (SSSR count). The van der Waals surface area contributed by atoms with Crippen LogP contribution in [0.1, 0.15) is 5.56 Å². The number of hydrogen-bond donors (Lipinski definition) is 1. The van der Waals surface area contributed by atoms with Gasteiger partial charge in [0.25, 0.3) is 0 Å². The second kappa shape index (κ2) is 6.47. The van der Waals surface area contributed by atoms with Crippen molar-refractivity contribution in [2.75, 3.05) is 45.2 Å². The molecule has 0 radical (unpaired) electrons. The van der Waals surface area contributed by atoms with E-state index in [-0.39, 0.29) is 12.1 Å². The van der Waals surface area contributed by atoms with E-state index >= 15 is 0 Å². The maximum Gasteiger partial charge on any atom is 0.327 e.